The highest BCUT2D eigenvalue weighted by Gasteiger charge is 2.51. The number of benzene rings is 9. The summed E-state index contributed by atoms with van der Waals surface area (Å²) in [6, 6.07) is 80.5. The maximum atomic E-state index is 2.48. The monoisotopic (exact) mass is 724 g/mol. The number of fused-ring (bicyclic) bond motifs is 13. The van der Waals surface area contributed by atoms with Crippen LogP contribution in [-0.2, 0) is 5.41 Å². The lowest BCUT2D eigenvalue weighted by atomic mass is 9.70. The number of hydrogen-bond acceptors (Lipinski definition) is 1. The molecule has 1 aromatic heterocycles. The Morgan fingerprint density at radius 1 is 0.316 bits per heavy atom. The molecule has 2 aliphatic carbocycles. The summed E-state index contributed by atoms with van der Waals surface area (Å²) < 4.78 is 2.41. The van der Waals surface area contributed by atoms with Gasteiger partial charge in [-0.25, -0.2) is 0 Å². The lowest BCUT2D eigenvalue weighted by molar-refractivity contribution is 0.793. The summed E-state index contributed by atoms with van der Waals surface area (Å²) in [5.74, 6) is 0. The van der Waals surface area contributed by atoms with Crippen molar-refractivity contribution in [2.45, 2.75) is 5.41 Å². The van der Waals surface area contributed by atoms with Gasteiger partial charge < -0.3 is 9.47 Å². The van der Waals surface area contributed by atoms with Crippen LogP contribution in [0.2, 0.25) is 0 Å². The highest BCUT2D eigenvalue weighted by Crippen LogP contribution is 2.63. The predicted molar refractivity (Wildman–Crippen MR) is 237 cm³/mol. The SMILES string of the molecule is c1ccc(-c2ccc(N(c3ccc4c(c3)C3(c5ccccc5-c5ccccc53)c3ccccc3-4)c3ccc4c5ccccc5n(-c5ccccc5)c4c3)cc2)cc1. The summed E-state index contributed by atoms with van der Waals surface area (Å²) in [4.78, 5) is 2.45. The molecular formula is C55H36N2. The average molecular weight is 725 g/mol. The van der Waals surface area contributed by atoms with Crippen molar-refractivity contribution in [2.24, 2.45) is 0 Å². The van der Waals surface area contributed by atoms with Crippen LogP contribution in [0.15, 0.2) is 218 Å². The van der Waals surface area contributed by atoms with Gasteiger partial charge in [0.1, 0.15) is 0 Å². The fourth-order valence-electron chi connectivity index (χ4n) is 10.1. The first-order valence-corrected chi connectivity index (χ1v) is 19.8. The molecule has 57 heavy (non-hydrogen) atoms. The van der Waals surface area contributed by atoms with E-state index in [-0.39, 0.29) is 0 Å². The van der Waals surface area contributed by atoms with Crippen LogP contribution in [0.5, 0.6) is 0 Å². The van der Waals surface area contributed by atoms with Gasteiger partial charge >= 0.3 is 0 Å². The van der Waals surface area contributed by atoms with Gasteiger partial charge in [-0.3, -0.25) is 0 Å². The summed E-state index contributed by atoms with van der Waals surface area (Å²) >= 11 is 0. The summed E-state index contributed by atoms with van der Waals surface area (Å²) in [7, 11) is 0. The molecule has 0 N–H and O–H groups in total. The van der Waals surface area contributed by atoms with Crippen LogP contribution in [-0.4, -0.2) is 4.57 Å². The number of hydrogen-bond donors (Lipinski definition) is 0. The van der Waals surface area contributed by atoms with Gasteiger partial charge in [0.25, 0.3) is 0 Å². The van der Waals surface area contributed by atoms with E-state index in [0.717, 1.165) is 22.7 Å². The van der Waals surface area contributed by atoms with E-state index in [9.17, 15) is 0 Å². The van der Waals surface area contributed by atoms with Crippen LogP contribution >= 0.6 is 0 Å². The molecule has 10 aromatic rings. The number of nitrogens with zero attached hydrogens (tertiary/aromatic N) is 2. The van der Waals surface area contributed by atoms with Gasteiger partial charge in [0.05, 0.1) is 16.4 Å². The summed E-state index contributed by atoms with van der Waals surface area (Å²) in [6.45, 7) is 0. The second kappa shape index (κ2) is 12.3. The molecule has 0 saturated carbocycles. The highest BCUT2D eigenvalue weighted by atomic mass is 15.1. The van der Waals surface area contributed by atoms with E-state index in [4.69, 9.17) is 0 Å². The van der Waals surface area contributed by atoms with E-state index < -0.39 is 5.41 Å². The van der Waals surface area contributed by atoms with Crippen molar-refractivity contribution in [1.29, 1.82) is 0 Å². The number of anilines is 3. The van der Waals surface area contributed by atoms with Gasteiger partial charge in [0, 0.05) is 33.5 Å². The second-order valence-electron chi connectivity index (χ2n) is 15.3. The first-order chi connectivity index (χ1) is 28.3. The Morgan fingerprint density at radius 2 is 0.789 bits per heavy atom. The van der Waals surface area contributed by atoms with E-state index in [1.54, 1.807) is 0 Å². The third-order valence-electron chi connectivity index (χ3n) is 12.4. The molecule has 0 bridgehead atoms. The molecule has 0 amide bonds. The maximum Gasteiger partial charge on any atom is 0.0726 e. The van der Waals surface area contributed by atoms with Crippen molar-refractivity contribution >= 4 is 38.9 Å². The number of aromatic nitrogens is 1. The van der Waals surface area contributed by atoms with Crippen molar-refractivity contribution in [2.75, 3.05) is 4.90 Å². The Morgan fingerprint density at radius 3 is 1.46 bits per heavy atom. The zero-order valence-electron chi connectivity index (χ0n) is 31.2. The molecule has 1 spiro atoms. The molecule has 0 fully saturated rings. The molecule has 2 nitrogen and oxygen atoms in total. The van der Waals surface area contributed by atoms with Gasteiger partial charge in [-0.2, -0.15) is 0 Å². The minimum atomic E-state index is -0.429. The van der Waals surface area contributed by atoms with Crippen LogP contribution in [0.1, 0.15) is 22.3 Å². The van der Waals surface area contributed by atoms with Crippen molar-refractivity contribution in [3.8, 4) is 39.1 Å². The van der Waals surface area contributed by atoms with E-state index in [1.807, 2.05) is 0 Å². The van der Waals surface area contributed by atoms with Gasteiger partial charge in [0.2, 0.25) is 0 Å². The van der Waals surface area contributed by atoms with Crippen molar-refractivity contribution in [3.05, 3.63) is 241 Å². The van der Waals surface area contributed by atoms with Crippen LogP contribution in [0.3, 0.4) is 0 Å². The van der Waals surface area contributed by atoms with Crippen LogP contribution < -0.4 is 4.90 Å². The van der Waals surface area contributed by atoms with E-state index in [1.165, 1.54) is 77.4 Å². The topological polar surface area (TPSA) is 8.17 Å². The minimum absolute atomic E-state index is 0.429. The molecule has 1 heterocycles. The minimum Gasteiger partial charge on any atom is -0.310 e. The Kier molecular flexibility index (Phi) is 6.88. The molecular weight excluding hydrogens is 689 g/mol. The van der Waals surface area contributed by atoms with Crippen LogP contribution in [0.4, 0.5) is 17.1 Å². The van der Waals surface area contributed by atoms with E-state index in [0.29, 0.717) is 0 Å². The second-order valence-corrected chi connectivity index (χ2v) is 15.3. The lowest BCUT2D eigenvalue weighted by Gasteiger charge is -2.32. The number of para-hydroxylation sites is 2. The fourth-order valence-corrected chi connectivity index (χ4v) is 10.1. The fraction of sp³-hybridized carbons (Fsp3) is 0.0182. The molecule has 0 radical (unpaired) electrons. The summed E-state index contributed by atoms with van der Waals surface area (Å²) in [5, 5.41) is 2.48. The largest absolute Gasteiger partial charge is 0.310 e. The van der Waals surface area contributed by atoms with Crippen molar-refractivity contribution in [1.82, 2.24) is 4.57 Å². The molecule has 12 rings (SSSR count). The normalized spacial score (nSPS) is 13.1. The zero-order chi connectivity index (χ0) is 37.5. The predicted octanol–water partition coefficient (Wildman–Crippen LogP) is 14.3. The maximum absolute atomic E-state index is 2.48. The zero-order valence-corrected chi connectivity index (χ0v) is 31.2. The Bertz CT molecular complexity index is 3110. The summed E-state index contributed by atoms with van der Waals surface area (Å²) in [6.07, 6.45) is 0. The average Bonchev–Trinajstić information content (AvgIpc) is 3.89. The molecule has 9 aromatic carbocycles. The molecule has 0 aliphatic heterocycles. The first-order valence-electron chi connectivity index (χ1n) is 19.8. The summed E-state index contributed by atoms with van der Waals surface area (Å²) in [5.41, 5.74) is 19.4. The molecule has 266 valence electrons. The molecule has 0 atom stereocenters. The Balaban J connectivity index is 1.12. The van der Waals surface area contributed by atoms with Crippen molar-refractivity contribution in [3.63, 3.8) is 0 Å². The number of rotatable bonds is 5. The van der Waals surface area contributed by atoms with E-state index in [2.05, 4.69) is 228 Å². The smallest absolute Gasteiger partial charge is 0.0726 e. The van der Waals surface area contributed by atoms with Gasteiger partial charge in [0.15, 0.2) is 0 Å². The lowest BCUT2D eigenvalue weighted by Crippen LogP contribution is -2.26. The Hall–Kier alpha value is -7.42. The third-order valence-corrected chi connectivity index (χ3v) is 12.4. The highest BCUT2D eigenvalue weighted by molar-refractivity contribution is 6.10. The quantitative estimate of drug-likeness (QED) is 0.172. The van der Waals surface area contributed by atoms with Gasteiger partial charge in [-0.15, -0.1) is 0 Å². The van der Waals surface area contributed by atoms with Gasteiger partial charge in [-0.05, 0) is 110 Å². The van der Waals surface area contributed by atoms with Crippen LogP contribution in [0.25, 0.3) is 60.9 Å². The van der Waals surface area contributed by atoms with Crippen molar-refractivity contribution < 1.29 is 0 Å². The molecule has 0 unspecified atom stereocenters. The standard InChI is InChI=1S/C55H36N2/c1-3-15-37(16-4-1)38-27-29-40(30-28-38)56(42-32-34-48-47-22-10-14-26-53(47)57(54(48)36-42)39-17-5-2-6-18-39)41-31-33-46-45-21-9-13-25-51(45)55(52(46)35-41)49-23-11-7-19-43(49)44-20-8-12-24-50(44)55/h1-36H. The Labute approximate surface area is 332 Å². The van der Waals surface area contributed by atoms with Crippen LogP contribution in [0, 0.1) is 0 Å². The third kappa shape index (κ3) is 4.53. The van der Waals surface area contributed by atoms with Gasteiger partial charge in [-0.1, -0.05) is 164 Å². The van der Waals surface area contributed by atoms with E-state index >= 15 is 0 Å². The molecule has 2 heteroatoms. The first kappa shape index (κ1) is 31.9. The molecule has 0 saturated heterocycles. The molecule has 2 aliphatic rings.